The minimum atomic E-state index is -0.707. The zero-order valence-corrected chi connectivity index (χ0v) is 19.6. The van der Waals surface area contributed by atoms with Gasteiger partial charge in [0.2, 0.25) is 0 Å². The van der Waals surface area contributed by atoms with Gasteiger partial charge in [0.15, 0.2) is 0 Å². The molecule has 2 aromatic rings. The molecular weight excluding hydrogens is 462 g/mol. The first kappa shape index (κ1) is 23.0. The molecule has 2 aromatic carbocycles. The summed E-state index contributed by atoms with van der Waals surface area (Å²) in [5.41, 5.74) is 2.09. The number of aryl methyl sites for hydroxylation is 1. The Balaban J connectivity index is 2.11. The third-order valence-electron chi connectivity index (χ3n) is 5.07. The third-order valence-corrected chi connectivity index (χ3v) is 5.60. The van der Waals surface area contributed by atoms with Crippen LogP contribution in [-0.2, 0) is 14.3 Å². The molecule has 1 aliphatic rings. The molecule has 0 bridgehead atoms. The van der Waals surface area contributed by atoms with Crippen molar-refractivity contribution in [2.24, 2.45) is 0 Å². The fourth-order valence-electron chi connectivity index (χ4n) is 3.63. The number of hydrogen-bond acceptors (Lipinski definition) is 5. The first-order valence-electron chi connectivity index (χ1n) is 10.0. The van der Waals surface area contributed by atoms with Crippen molar-refractivity contribution in [1.82, 2.24) is 4.90 Å². The lowest BCUT2D eigenvalue weighted by molar-refractivity contribution is -0.140. The number of aliphatic hydroxyl groups is 1. The Morgan fingerprint density at radius 3 is 2.42 bits per heavy atom. The number of aliphatic hydroxyl groups excluding tert-OH is 1. The number of ketones is 1. The summed E-state index contributed by atoms with van der Waals surface area (Å²) in [5.74, 6) is -0.855. The summed E-state index contributed by atoms with van der Waals surface area (Å²) < 4.78 is 11.8. The zero-order valence-electron chi connectivity index (χ0n) is 18.0. The molecule has 0 aromatic heterocycles. The van der Waals surface area contributed by atoms with E-state index in [1.165, 1.54) is 12.0 Å². The van der Waals surface area contributed by atoms with E-state index in [2.05, 4.69) is 15.9 Å². The van der Waals surface area contributed by atoms with E-state index in [1.54, 1.807) is 18.2 Å². The van der Waals surface area contributed by atoms with Crippen LogP contribution >= 0.6 is 15.9 Å². The minimum absolute atomic E-state index is 0.0154. The Morgan fingerprint density at radius 2 is 1.84 bits per heavy atom. The highest BCUT2D eigenvalue weighted by molar-refractivity contribution is 9.10. The quantitative estimate of drug-likeness (QED) is 0.350. The number of ether oxygens (including phenoxy) is 2. The van der Waals surface area contributed by atoms with E-state index in [9.17, 15) is 14.7 Å². The van der Waals surface area contributed by atoms with Crippen molar-refractivity contribution in [3.63, 3.8) is 0 Å². The Hall–Kier alpha value is -2.64. The van der Waals surface area contributed by atoms with Gasteiger partial charge in [0, 0.05) is 23.7 Å². The van der Waals surface area contributed by atoms with Crippen molar-refractivity contribution in [2.75, 3.05) is 20.3 Å². The van der Waals surface area contributed by atoms with Gasteiger partial charge in [0.05, 0.1) is 24.3 Å². The lowest BCUT2D eigenvalue weighted by Gasteiger charge is -2.25. The van der Waals surface area contributed by atoms with Crippen LogP contribution in [0.2, 0.25) is 0 Å². The number of hydrogen-bond donors (Lipinski definition) is 1. The molecule has 31 heavy (non-hydrogen) atoms. The van der Waals surface area contributed by atoms with Crippen molar-refractivity contribution in [2.45, 2.75) is 32.9 Å². The van der Waals surface area contributed by atoms with Crippen LogP contribution in [0.1, 0.15) is 36.6 Å². The molecule has 0 radical (unpaired) electrons. The molecule has 1 fully saturated rings. The van der Waals surface area contributed by atoms with E-state index in [0.29, 0.717) is 11.3 Å². The van der Waals surface area contributed by atoms with Crippen LogP contribution in [0.5, 0.6) is 5.75 Å². The van der Waals surface area contributed by atoms with E-state index < -0.39 is 17.7 Å². The van der Waals surface area contributed by atoms with Crippen LogP contribution in [0.25, 0.3) is 5.76 Å². The summed E-state index contributed by atoms with van der Waals surface area (Å²) in [7, 11) is 1.54. The largest absolute Gasteiger partial charge is 0.507 e. The van der Waals surface area contributed by atoms with Gasteiger partial charge in [-0.1, -0.05) is 28.1 Å². The molecule has 0 saturated carbocycles. The van der Waals surface area contributed by atoms with Crippen LogP contribution in [0.15, 0.2) is 52.5 Å². The molecule has 164 valence electrons. The second kappa shape index (κ2) is 9.66. The van der Waals surface area contributed by atoms with Crippen LogP contribution in [0.3, 0.4) is 0 Å². The summed E-state index contributed by atoms with van der Waals surface area (Å²) in [6, 6.07) is 11.9. The molecule has 0 aliphatic carbocycles. The second-order valence-electron chi connectivity index (χ2n) is 7.68. The van der Waals surface area contributed by atoms with Crippen molar-refractivity contribution in [3.8, 4) is 5.75 Å². The molecule has 7 heteroatoms. The van der Waals surface area contributed by atoms with Crippen LogP contribution in [0, 0.1) is 6.92 Å². The fourth-order valence-corrected chi connectivity index (χ4v) is 3.89. The standard InChI is InChI=1S/C24H26BrNO5/c1-14(2)31-19-10-7-17(13-15(19)3)22(27)20-21(16-5-8-18(25)9-6-16)26(11-12-30-4)24(29)23(20)28/h5-10,13-14,21,27H,11-12H2,1-4H3. The monoisotopic (exact) mass is 487 g/mol. The third kappa shape index (κ3) is 4.83. The Kier molecular flexibility index (Phi) is 7.18. The molecule has 6 nitrogen and oxygen atoms in total. The van der Waals surface area contributed by atoms with Crippen molar-refractivity contribution in [3.05, 3.63) is 69.2 Å². The van der Waals surface area contributed by atoms with E-state index in [-0.39, 0.29) is 30.6 Å². The fraction of sp³-hybridized carbons (Fsp3) is 0.333. The van der Waals surface area contributed by atoms with Gasteiger partial charge < -0.3 is 19.5 Å². The van der Waals surface area contributed by atoms with E-state index in [0.717, 1.165) is 15.6 Å². The lowest BCUT2D eigenvalue weighted by Crippen LogP contribution is -2.32. The number of methoxy groups -OCH3 is 1. The first-order chi connectivity index (χ1) is 14.7. The molecule has 1 unspecified atom stereocenters. The average Bonchev–Trinajstić information content (AvgIpc) is 2.98. The lowest BCUT2D eigenvalue weighted by atomic mass is 9.95. The first-order valence-corrected chi connectivity index (χ1v) is 10.8. The van der Waals surface area contributed by atoms with E-state index in [4.69, 9.17) is 9.47 Å². The second-order valence-corrected chi connectivity index (χ2v) is 8.60. The smallest absolute Gasteiger partial charge is 0.295 e. The average molecular weight is 488 g/mol. The van der Waals surface area contributed by atoms with Gasteiger partial charge in [-0.3, -0.25) is 9.59 Å². The predicted octanol–water partition coefficient (Wildman–Crippen LogP) is 4.61. The number of Topliss-reactive ketones (excluding diaryl/α,β-unsaturated/α-hetero) is 1. The predicted molar refractivity (Wildman–Crippen MR) is 122 cm³/mol. The molecule has 1 N–H and O–H groups in total. The summed E-state index contributed by atoms with van der Waals surface area (Å²) in [6.45, 7) is 6.26. The molecule has 1 heterocycles. The number of carbonyl (C=O) groups is 2. The molecule has 1 atom stereocenters. The number of likely N-dealkylation sites (tertiary alicyclic amines) is 1. The zero-order chi connectivity index (χ0) is 22.7. The summed E-state index contributed by atoms with van der Waals surface area (Å²) in [5, 5.41) is 11.1. The maximum atomic E-state index is 13.0. The van der Waals surface area contributed by atoms with Crippen LogP contribution in [-0.4, -0.2) is 48.1 Å². The number of amides is 1. The SMILES string of the molecule is COCCN1C(=O)C(=O)C(=C(O)c2ccc(OC(C)C)c(C)c2)C1c1ccc(Br)cc1. The highest BCUT2D eigenvalue weighted by atomic mass is 79.9. The molecule has 1 saturated heterocycles. The Morgan fingerprint density at radius 1 is 1.16 bits per heavy atom. The van der Waals surface area contributed by atoms with Crippen molar-refractivity contribution >= 4 is 33.4 Å². The van der Waals surface area contributed by atoms with Gasteiger partial charge in [0.1, 0.15) is 11.5 Å². The highest BCUT2D eigenvalue weighted by Crippen LogP contribution is 2.40. The van der Waals surface area contributed by atoms with E-state index in [1.807, 2.05) is 45.0 Å². The maximum Gasteiger partial charge on any atom is 0.295 e. The molecule has 1 amide bonds. The van der Waals surface area contributed by atoms with Gasteiger partial charge >= 0.3 is 0 Å². The van der Waals surface area contributed by atoms with Crippen molar-refractivity contribution < 1.29 is 24.2 Å². The number of benzene rings is 2. The van der Waals surface area contributed by atoms with Crippen LogP contribution < -0.4 is 4.74 Å². The van der Waals surface area contributed by atoms with Gasteiger partial charge in [-0.2, -0.15) is 0 Å². The summed E-state index contributed by atoms with van der Waals surface area (Å²) >= 11 is 3.41. The van der Waals surface area contributed by atoms with Gasteiger partial charge in [0.25, 0.3) is 11.7 Å². The van der Waals surface area contributed by atoms with Gasteiger partial charge in [-0.25, -0.2) is 0 Å². The molecule has 3 rings (SSSR count). The van der Waals surface area contributed by atoms with Gasteiger partial charge in [-0.05, 0) is 62.2 Å². The molecular formula is C24H26BrNO5. The van der Waals surface area contributed by atoms with Gasteiger partial charge in [-0.15, -0.1) is 0 Å². The summed E-state index contributed by atoms with van der Waals surface area (Å²) in [4.78, 5) is 27.2. The number of halogens is 1. The highest BCUT2D eigenvalue weighted by Gasteiger charge is 2.45. The number of carbonyl (C=O) groups excluding carboxylic acids is 2. The minimum Gasteiger partial charge on any atom is -0.507 e. The van der Waals surface area contributed by atoms with E-state index >= 15 is 0 Å². The number of rotatable bonds is 7. The van der Waals surface area contributed by atoms with Crippen LogP contribution in [0.4, 0.5) is 0 Å². The molecule has 1 aliphatic heterocycles. The van der Waals surface area contributed by atoms with Crippen molar-refractivity contribution in [1.29, 1.82) is 0 Å². The maximum absolute atomic E-state index is 13.0. The topological polar surface area (TPSA) is 76.1 Å². The Labute approximate surface area is 190 Å². The normalized spacial score (nSPS) is 18.1. The summed E-state index contributed by atoms with van der Waals surface area (Å²) in [6.07, 6.45) is 0.0154. The number of nitrogens with zero attached hydrogens (tertiary/aromatic N) is 1. The Bertz CT molecular complexity index is 1010. The molecule has 0 spiro atoms.